The summed E-state index contributed by atoms with van der Waals surface area (Å²) in [4.78, 5) is 5.41. The van der Waals surface area contributed by atoms with E-state index in [-0.39, 0.29) is 17.5 Å². The highest BCUT2D eigenvalue weighted by molar-refractivity contribution is 7.91. The van der Waals surface area contributed by atoms with Crippen LogP contribution in [0.15, 0.2) is 0 Å². The molecular weight excluding hydrogens is 256 g/mol. The Morgan fingerprint density at radius 2 is 2.06 bits per heavy atom. The zero-order valence-corrected chi connectivity index (χ0v) is 12.2. The van der Waals surface area contributed by atoms with E-state index < -0.39 is 9.84 Å². The van der Waals surface area contributed by atoms with Crippen LogP contribution >= 0.6 is 11.3 Å². The Morgan fingerprint density at radius 1 is 1.41 bits per heavy atom. The highest BCUT2D eigenvalue weighted by Crippen LogP contribution is 2.26. The molecule has 0 aliphatic heterocycles. The van der Waals surface area contributed by atoms with Crippen LogP contribution in [0.4, 0.5) is 0 Å². The van der Waals surface area contributed by atoms with E-state index >= 15 is 0 Å². The number of nitrogens with zero attached hydrogens (tertiary/aromatic N) is 1. The number of rotatable bonds is 6. The first-order chi connectivity index (χ1) is 7.85. The molecule has 0 aliphatic rings. The first-order valence-corrected chi connectivity index (χ1v) is 8.39. The molecule has 17 heavy (non-hydrogen) atoms. The summed E-state index contributed by atoms with van der Waals surface area (Å²) in [5.74, 6) is 0.439. The van der Waals surface area contributed by atoms with Gasteiger partial charge in [0.25, 0.3) is 0 Å². The third-order valence-corrected chi connectivity index (χ3v) is 5.68. The Kier molecular flexibility index (Phi) is 5.09. The smallest absolute Gasteiger partial charge is 0.150 e. The standard InChI is InChI=1S/C11H20N2O2S2/c1-4-17(14,15)7-5-6-10(12)11-8(2)13-9(3)16-11/h10H,4-7,12H2,1-3H3. The molecule has 0 aromatic carbocycles. The first kappa shape index (κ1) is 14.6. The van der Waals surface area contributed by atoms with Crippen LogP contribution in [0.5, 0.6) is 0 Å². The minimum absolute atomic E-state index is 0.0896. The average molecular weight is 276 g/mol. The predicted molar refractivity (Wildman–Crippen MR) is 72.1 cm³/mol. The maximum atomic E-state index is 11.3. The summed E-state index contributed by atoms with van der Waals surface area (Å²) >= 11 is 1.60. The number of thiazole rings is 1. The van der Waals surface area contributed by atoms with Crippen LogP contribution in [0.2, 0.25) is 0 Å². The van der Waals surface area contributed by atoms with Crippen molar-refractivity contribution in [3.63, 3.8) is 0 Å². The molecule has 1 unspecified atom stereocenters. The highest BCUT2D eigenvalue weighted by Gasteiger charge is 2.15. The van der Waals surface area contributed by atoms with Gasteiger partial charge in [-0.3, -0.25) is 0 Å². The molecule has 1 heterocycles. The Bertz CT molecular complexity index is 466. The predicted octanol–water partition coefficient (Wildman–Crippen LogP) is 1.97. The van der Waals surface area contributed by atoms with E-state index in [1.165, 1.54) is 0 Å². The van der Waals surface area contributed by atoms with Crippen molar-refractivity contribution in [2.75, 3.05) is 11.5 Å². The van der Waals surface area contributed by atoms with Crippen LogP contribution in [0.3, 0.4) is 0 Å². The molecule has 0 fully saturated rings. The van der Waals surface area contributed by atoms with E-state index in [1.54, 1.807) is 18.3 Å². The van der Waals surface area contributed by atoms with Crippen molar-refractivity contribution in [3.8, 4) is 0 Å². The van der Waals surface area contributed by atoms with Gasteiger partial charge in [-0.15, -0.1) is 11.3 Å². The molecule has 0 radical (unpaired) electrons. The molecule has 1 atom stereocenters. The molecule has 0 saturated carbocycles. The molecule has 0 amide bonds. The van der Waals surface area contributed by atoms with Gasteiger partial charge in [0.1, 0.15) is 9.84 Å². The van der Waals surface area contributed by atoms with Crippen molar-refractivity contribution in [2.45, 2.75) is 39.7 Å². The first-order valence-electron chi connectivity index (χ1n) is 5.75. The van der Waals surface area contributed by atoms with Gasteiger partial charge in [0.2, 0.25) is 0 Å². The van der Waals surface area contributed by atoms with Crippen LogP contribution < -0.4 is 5.73 Å². The van der Waals surface area contributed by atoms with Gasteiger partial charge < -0.3 is 5.73 Å². The molecule has 0 bridgehead atoms. The third kappa shape index (κ3) is 4.37. The Labute approximate surface area is 107 Å². The molecule has 0 saturated heterocycles. The van der Waals surface area contributed by atoms with E-state index in [4.69, 9.17) is 5.73 Å². The molecule has 1 rings (SSSR count). The van der Waals surface area contributed by atoms with Gasteiger partial charge in [-0.25, -0.2) is 13.4 Å². The molecule has 98 valence electrons. The summed E-state index contributed by atoms with van der Waals surface area (Å²) in [6.45, 7) is 5.57. The average Bonchev–Trinajstić information content (AvgIpc) is 2.57. The van der Waals surface area contributed by atoms with Crippen LogP contribution in [0.1, 0.15) is 41.4 Å². The molecule has 1 aromatic rings. The third-order valence-electron chi connectivity index (χ3n) is 2.69. The van der Waals surface area contributed by atoms with Crippen molar-refractivity contribution in [2.24, 2.45) is 5.73 Å². The molecular formula is C11H20N2O2S2. The summed E-state index contributed by atoms with van der Waals surface area (Å²) in [6, 6.07) is -0.0896. The van der Waals surface area contributed by atoms with Crippen LogP contribution in [0.25, 0.3) is 0 Å². The number of hydrogen-bond donors (Lipinski definition) is 1. The molecule has 1 aromatic heterocycles. The zero-order chi connectivity index (χ0) is 13.1. The SMILES string of the molecule is CCS(=O)(=O)CCCC(N)c1sc(C)nc1C. The summed E-state index contributed by atoms with van der Waals surface area (Å²) in [5, 5.41) is 1.01. The van der Waals surface area contributed by atoms with Crippen molar-refractivity contribution < 1.29 is 8.42 Å². The van der Waals surface area contributed by atoms with Gasteiger partial charge in [-0.05, 0) is 26.7 Å². The minimum atomic E-state index is -2.87. The second kappa shape index (κ2) is 5.93. The monoisotopic (exact) mass is 276 g/mol. The second-order valence-electron chi connectivity index (χ2n) is 4.17. The lowest BCUT2D eigenvalue weighted by molar-refractivity contribution is 0.585. The number of hydrogen-bond acceptors (Lipinski definition) is 5. The topological polar surface area (TPSA) is 73.0 Å². The van der Waals surface area contributed by atoms with Crippen molar-refractivity contribution >= 4 is 21.2 Å². The Balaban J connectivity index is 2.51. The van der Waals surface area contributed by atoms with Crippen LogP contribution in [0, 0.1) is 13.8 Å². The van der Waals surface area contributed by atoms with E-state index in [9.17, 15) is 8.42 Å². The highest BCUT2D eigenvalue weighted by atomic mass is 32.2. The molecule has 4 nitrogen and oxygen atoms in total. The summed E-state index contributed by atoms with van der Waals surface area (Å²) in [6.07, 6.45) is 1.31. The van der Waals surface area contributed by atoms with Gasteiger partial charge in [0.05, 0.1) is 16.5 Å². The van der Waals surface area contributed by atoms with Crippen LogP contribution in [-0.4, -0.2) is 24.9 Å². The number of aromatic nitrogens is 1. The van der Waals surface area contributed by atoms with Gasteiger partial charge >= 0.3 is 0 Å². The van der Waals surface area contributed by atoms with E-state index in [0.717, 1.165) is 15.6 Å². The summed E-state index contributed by atoms with van der Waals surface area (Å²) < 4.78 is 22.7. The number of sulfone groups is 1. The van der Waals surface area contributed by atoms with Gasteiger partial charge in [-0.2, -0.15) is 0 Å². The fourth-order valence-corrected chi connectivity index (χ4v) is 3.55. The summed E-state index contributed by atoms with van der Waals surface area (Å²) in [7, 11) is -2.87. The molecule has 0 spiro atoms. The number of aryl methyl sites for hydroxylation is 2. The van der Waals surface area contributed by atoms with Gasteiger partial charge in [-0.1, -0.05) is 6.92 Å². The Morgan fingerprint density at radius 3 is 2.53 bits per heavy atom. The van der Waals surface area contributed by atoms with Crippen molar-refractivity contribution in [3.05, 3.63) is 15.6 Å². The lowest BCUT2D eigenvalue weighted by Gasteiger charge is -2.09. The summed E-state index contributed by atoms with van der Waals surface area (Å²) in [5.41, 5.74) is 7.03. The maximum Gasteiger partial charge on any atom is 0.150 e. The van der Waals surface area contributed by atoms with E-state index in [0.29, 0.717) is 12.8 Å². The lowest BCUT2D eigenvalue weighted by Crippen LogP contribution is -2.14. The van der Waals surface area contributed by atoms with Crippen molar-refractivity contribution in [1.29, 1.82) is 0 Å². The fraction of sp³-hybridized carbons (Fsp3) is 0.727. The maximum absolute atomic E-state index is 11.3. The quantitative estimate of drug-likeness (QED) is 0.862. The normalized spacial score (nSPS) is 13.9. The number of nitrogens with two attached hydrogens (primary N) is 1. The van der Waals surface area contributed by atoms with Crippen molar-refractivity contribution in [1.82, 2.24) is 4.98 Å². The molecule has 6 heteroatoms. The van der Waals surface area contributed by atoms with Gasteiger partial charge in [0.15, 0.2) is 0 Å². The molecule has 0 aliphatic carbocycles. The fourth-order valence-electron chi connectivity index (χ4n) is 1.69. The van der Waals surface area contributed by atoms with E-state index in [2.05, 4.69) is 4.98 Å². The lowest BCUT2D eigenvalue weighted by atomic mass is 10.1. The largest absolute Gasteiger partial charge is 0.323 e. The van der Waals surface area contributed by atoms with Crippen LogP contribution in [-0.2, 0) is 9.84 Å². The van der Waals surface area contributed by atoms with Gasteiger partial charge in [0, 0.05) is 16.7 Å². The molecule has 2 N–H and O–H groups in total. The second-order valence-corrected chi connectivity index (χ2v) is 7.88. The minimum Gasteiger partial charge on any atom is -0.323 e. The Hall–Kier alpha value is -0.460. The van der Waals surface area contributed by atoms with E-state index in [1.807, 2.05) is 13.8 Å². The zero-order valence-electron chi connectivity index (χ0n) is 10.6.